The molecule has 0 amide bonds. The Hall–Kier alpha value is -1.41. The third-order valence-corrected chi connectivity index (χ3v) is 2.79. The third kappa shape index (κ3) is 2.58. The van der Waals surface area contributed by atoms with E-state index in [2.05, 4.69) is 48.2 Å². The minimum Gasteiger partial charge on any atom is -0.309 e. The summed E-state index contributed by atoms with van der Waals surface area (Å²) in [7, 11) is 4.23. The first-order valence-corrected chi connectivity index (χ1v) is 5.75. The van der Waals surface area contributed by atoms with Crippen LogP contribution in [0.25, 0.3) is 10.9 Å². The molecule has 0 unspecified atom stereocenters. The summed E-state index contributed by atoms with van der Waals surface area (Å²) in [6.45, 7) is 1.14. The molecule has 0 aliphatic rings. The standard InChI is InChI=1S/C14H18N2/c1-16(2)11-5-6-12-9-10-15-14-8-4-3-7-13(12)14/h3-4,7-10H,5-6,11H2,1-2H3. The highest BCUT2D eigenvalue weighted by molar-refractivity contribution is 5.81. The monoisotopic (exact) mass is 214 g/mol. The van der Waals surface area contributed by atoms with E-state index in [1.807, 2.05) is 12.3 Å². The van der Waals surface area contributed by atoms with Crippen LogP contribution in [0.15, 0.2) is 36.5 Å². The molecule has 16 heavy (non-hydrogen) atoms. The fraction of sp³-hybridized carbons (Fsp3) is 0.357. The molecule has 1 heterocycles. The number of fused-ring (bicyclic) bond motifs is 1. The Morgan fingerprint density at radius 3 is 2.75 bits per heavy atom. The molecular weight excluding hydrogens is 196 g/mol. The molecule has 1 aromatic heterocycles. The van der Waals surface area contributed by atoms with E-state index >= 15 is 0 Å². The molecule has 2 aromatic rings. The summed E-state index contributed by atoms with van der Waals surface area (Å²) in [5, 5.41) is 1.30. The Bertz CT molecular complexity index is 458. The zero-order valence-corrected chi connectivity index (χ0v) is 9.98. The van der Waals surface area contributed by atoms with Gasteiger partial charge in [-0.3, -0.25) is 4.98 Å². The molecule has 0 saturated heterocycles. The minimum atomic E-state index is 1.10. The van der Waals surface area contributed by atoms with E-state index < -0.39 is 0 Å². The van der Waals surface area contributed by atoms with Gasteiger partial charge in [0.25, 0.3) is 0 Å². The zero-order chi connectivity index (χ0) is 11.4. The lowest BCUT2D eigenvalue weighted by atomic mass is 10.0. The predicted molar refractivity (Wildman–Crippen MR) is 68.6 cm³/mol. The van der Waals surface area contributed by atoms with E-state index in [1.54, 1.807) is 0 Å². The van der Waals surface area contributed by atoms with E-state index in [9.17, 15) is 0 Å². The number of aromatic nitrogens is 1. The highest BCUT2D eigenvalue weighted by Gasteiger charge is 2.01. The number of rotatable bonds is 4. The van der Waals surface area contributed by atoms with Gasteiger partial charge in [-0.1, -0.05) is 18.2 Å². The van der Waals surface area contributed by atoms with Gasteiger partial charge in [-0.2, -0.15) is 0 Å². The smallest absolute Gasteiger partial charge is 0.0704 e. The fourth-order valence-corrected chi connectivity index (χ4v) is 1.96. The lowest BCUT2D eigenvalue weighted by molar-refractivity contribution is 0.400. The number of benzene rings is 1. The quantitative estimate of drug-likeness (QED) is 0.778. The predicted octanol–water partition coefficient (Wildman–Crippen LogP) is 2.73. The first-order chi connectivity index (χ1) is 7.77. The number of nitrogens with zero attached hydrogens (tertiary/aromatic N) is 2. The van der Waals surface area contributed by atoms with Crippen LogP contribution in [-0.2, 0) is 6.42 Å². The van der Waals surface area contributed by atoms with Gasteiger partial charge in [-0.15, -0.1) is 0 Å². The van der Waals surface area contributed by atoms with Crippen molar-refractivity contribution in [1.82, 2.24) is 9.88 Å². The second kappa shape index (κ2) is 5.08. The summed E-state index contributed by atoms with van der Waals surface area (Å²) in [6, 6.07) is 10.5. The van der Waals surface area contributed by atoms with Crippen LogP contribution >= 0.6 is 0 Å². The molecule has 0 saturated carbocycles. The molecule has 2 heteroatoms. The van der Waals surface area contributed by atoms with Gasteiger partial charge in [0.05, 0.1) is 5.52 Å². The van der Waals surface area contributed by atoms with E-state index in [4.69, 9.17) is 0 Å². The maximum absolute atomic E-state index is 4.37. The molecule has 0 bridgehead atoms. The van der Waals surface area contributed by atoms with Crippen molar-refractivity contribution in [3.8, 4) is 0 Å². The molecule has 2 rings (SSSR count). The van der Waals surface area contributed by atoms with Gasteiger partial charge in [0.1, 0.15) is 0 Å². The Balaban J connectivity index is 2.17. The van der Waals surface area contributed by atoms with Crippen LogP contribution in [0, 0.1) is 0 Å². The van der Waals surface area contributed by atoms with Gasteiger partial charge >= 0.3 is 0 Å². The molecule has 0 atom stereocenters. The summed E-state index contributed by atoms with van der Waals surface area (Å²) < 4.78 is 0. The Labute approximate surface area is 96.9 Å². The van der Waals surface area contributed by atoms with Crippen LogP contribution in [0.5, 0.6) is 0 Å². The molecule has 0 spiro atoms. The normalized spacial score (nSPS) is 11.2. The van der Waals surface area contributed by atoms with Crippen LogP contribution in [0.2, 0.25) is 0 Å². The van der Waals surface area contributed by atoms with Gasteiger partial charge in [0, 0.05) is 11.6 Å². The first-order valence-electron chi connectivity index (χ1n) is 5.75. The van der Waals surface area contributed by atoms with Crippen molar-refractivity contribution < 1.29 is 0 Å². The Morgan fingerprint density at radius 2 is 1.94 bits per heavy atom. The van der Waals surface area contributed by atoms with Crippen molar-refractivity contribution in [2.45, 2.75) is 12.8 Å². The molecule has 2 nitrogen and oxygen atoms in total. The molecule has 0 aliphatic heterocycles. The second-order valence-corrected chi connectivity index (χ2v) is 4.39. The first kappa shape index (κ1) is 11.1. The van der Waals surface area contributed by atoms with Crippen molar-refractivity contribution in [2.24, 2.45) is 0 Å². The average Bonchev–Trinajstić information content (AvgIpc) is 2.29. The molecule has 0 radical (unpaired) electrons. The van der Waals surface area contributed by atoms with Crippen LogP contribution in [0.4, 0.5) is 0 Å². The second-order valence-electron chi connectivity index (χ2n) is 4.39. The van der Waals surface area contributed by atoms with Crippen molar-refractivity contribution in [3.05, 3.63) is 42.1 Å². The van der Waals surface area contributed by atoms with Gasteiger partial charge in [0.2, 0.25) is 0 Å². The van der Waals surface area contributed by atoms with E-state index in [1.165, 1.54) is 17.4 Å². The summed E-state index contributed by atoms with van der Waals surface area (Å²) in [4.78, 5) is 6.60. The van der Waals surface area contributed by atoms with Crippen molar-refractivity contribution in [2.75, 3.05) is 20.6 Å². The highest BCUT2D eigenvalue weighted by atomic mass is 15.0. The molecule has 1 aromatic carbocycles. The van der Waals surface area contributed by atoms with E-state index in [0.29, 0.717) is 0 Å². The number of para-hydroxylation sites is 1. The highest BCUT2D eigenvalue weighted by Crippen LogP contribution is 2.17. The number of aryl methyl sites for hydroxylation is 1. The molecule has 0 N–H and O–H groups in total. The summed E-state index contributed by atoms with van der Waals surface area (Å²) >= 11 is 0. The average molecular weight is 214 g/mol. The Morgan fingerprint density at radius 1 is 1.12 bits per heavy atom. The number of pyridine rings is 1. The van der Waals surface area contributed by atoms with Crippen molar-refractivity contribution >= 4 is 10.9 Å². The van der Waals surface area contributed by atoms with Gasteiger partial charge in [-0.05, 0) is 51.2 Å². The van der Waals surface area contributed by atoms with Gasteiger partial charge < -0.3 is 4.90 Å². The Kier molecular flexibility index (Phi) is 3.52. The topological polar surface area (TPSA) is 16.1 Å². The zero-order valence-electron chi connectivity index (χ0n) is 9.98. The summed E-state index contributed by atoms with van der Waals surface area (Å²) in [6.07, 6.45) is 4.23. The van der Waals surface area contributed by atoms with Crippen molar-refractivity contribution in [3.63, 3.8) is 0 Å². The maximum atomic E-state index is 4.37. The molecule has 0 fully saturated rings. The minimum absolute atomic E-state index is 1.10. The number of hydrogen-bond acceptors (Lipinski definition) is 2. The SMILES string of the molecule is CN(C)CCCc1ccnc2ccccc12. The summed E-state index contributed by atoms with van der Waals surface area (Å²) in [5.74, 6) is 0. The van der Waals surface area contributed by atoms with Crippen LogP contribution in [0.3, 0.4) is 0 Å². The molecule has 84 valence electrons. The van der Waals surface area contributed by atoms with Crippen LogP contribution < -0.4 is 0 Å². The van der Waals surface area contributed by atoms with E-state index in [0.717, 1.165) is 18.5 Å². The van der Waals surface area contributed by atoms with Gasteiger partial charge in [-0.25, -0.2) is 0 Å². The third-order valence-electron chi connectivity index (χ3n) is 2.79. The molecule has 0 aliphatic carbocycles. The summed E-state index contributed by atoms with van der Waals surface area (Å²) in [5.41, 5.74) is 2.51. The van der Waals surface area contributed by atoms with E-state index in [-0.39, 0.29) is 0 Å². The largest absolute Gasteiger partial charge is 0.309 e. The lowest BCUT2D eigenvalue weighted by Gasteiger charge is -2.10. The van der Waals surface area contributed by atoms with Gasteiger partial charge in [0.15, 0.2) is 0 Å². The molecular formula is C14H18N2. The van der Waals surface area contributed by atoms with Crippen LogP contribution in [-0.4, -0.2) is 30.5 Å². The van der Waals surface area contributed by atoms with Crippen LogP contribution in [0.1, 0.15) is 12.0 Å². The lowest BCUT2D eigenvalue weighted by Crippen LogP contribution is -2.13. The number of hydrogen-bond donors (Lipinski definition) is 0. The van der Waals surface area contributed by atoms with Crippen molar-refractivity contribution in [1.29, 1.82) is 0 Å². The maximum Gasteiger partial charge on any atom is 0.0704 e. The fourth-order valence-electron chi connectivity index (χ4n) is 1.96.